The van der Waals surface area contributed by atoms with Gasteiger partial charge in [-0.05, 0) is 86.9 Å². The van der Waals surface area contributed by atoms with Gasteiger partial charge in [0.25, 0.3) is 6.71 Å². The molecule has 56 heavy (non-hydrogen) atoms. The topological polar surface area (TPSA) is 20.6 Å². The minimum atomic E-state index is 0.0226. The van der Waals surface area contributed by atoms with Crippen molar-refractivity contribution in [1.82, 2.24) is 4.57 Å². The van der Waals surface area contributed by atoms with Crippen LogP contribution >= 0.6 is 11.8 Å². The van der Waals surface area contributed by atoms with E-state index in [1.807, 2.05) is 0 Å². The summed E-state index contributed by atoms with van der Waals surface area (Å²) in [6.07, 6.45) is 5.11. The Morgan fingerprint density at radius 1 is 0.625 bits per heavy atom. The molecule has 4 nitrogen and oxygen atoms in total. The van der Waals surface area contributed by atoms with E-state index in [-0.39, 0.29) is 23.7 Å². The minimum absolute atomic E-state index is 0.0226. The van der Waals surface area contributed by atoms with E-state index in [0.29, 0.717) is 17.8 Å². The number of ether oxygens (including phenoxy) is 1. The smallest absolute Gasteiger partial charge is 0.256 e. The van der Waals surface area contributed by atoms with E-state index in [2.05, 4.69) is 189 Å². The molecule has 0 fully saturated rings. The van der Waals surface area contributed by atoms with Crippen molar-refractivity contribution in [3.63, 3.8) is 0 Å². The van der Waals surface area contributed by atoms with Gasteiger partial charge in [-0.1, -0.05) is 119 Å². The predicted molar refractivity (Wildman–Crippen MR) is 238 cm³/mol. The van der Waals surface area contributed by atoms with Gasteiger partial charge in [0.15, 0.2) is 0 Å². The molecule has 0 N–H and O–H groups in total. The number of para-hydroxylation sites is 1. The zero-order valence-corrected chi connectivity index (χ0v) is 33.4. The van der Waals surface area contributed by atoms with Gasteiger partial charge in [0.2, 0.25) is 6.71 Å². The molecule has 7 heterocycles. The van der Waals surface area contributed by atoms with Crippen LogP contribution in [0.25, 0.3) is 27.5 Å². The molecule has 0 aliphatic carbocycles. The van der Waals surface area contributed by atoms with Crippen molar-refractivity contribution in [3.8, 4) is 17.2 Å². The number of benzene rings is 6. The summed E-state index contributed by atoms with van der Waals surface area (Å²) >= 11 is 2.06. The summed E-state index contributed by atoms with van der Waals surface area (Å²) < 4.78 is 9.33. The second-order valence-corrected chi connectivity index (χ2v) is 20.1. The third-order valence-electron chi connectivity index (χ3n) is 13.8. The second-order valence-electron chi connectivity index (χ2n) is 18.9. The number of hydrogen-bond acceptors (Lipinski definition) is 4. The summed E-state index contributed by atoms with van der Waals surface area (Å²) in [6.45, 7) is 14.4. The van der Waals surface area contributed by atoms with E-state index in [1.54, 1.807) is 0 Å². The van der Waals surface area contributed by atoms with Gasteiger partial charge in [-0.15, -0.1) is 11.8 Å². The molecule has 6 aromatic carbocycles. The van der Waals surface area contributed by atoms with Crippen LogP contribution in [-0.4, -0.2) is 29.4 Å². The molecule has 3 unspecified atom stereocenters. The van der Waals surface area contributed by atoms with E-state index < -0.39 is 0 Å². The maximum absolute atomic E-state index is 6.75. The standard InChI is InChI=1S/C49H41B2N3OS/c1-48(2,3)27-15-18-35-33(23-27)50-31-11-7-9-13-40(31)55-41-20-17-29-30-25-38-39(26-37(30)53(35)46(29)44(41)50)54-36-19-16-28(49(4,5)6)24-34(36)51-32-12-8-10-14-42(32)56-43-21-22-52(38)47(54)45(43)51/h7-26,43,45,47H,1-6H3. The monoisotopic (exact) mass is 741 g/mol. The lowest BCUT2D eigenvalue weighted by molar-refractivity contribution is 0.488. The van der Waals surface area contributed by atoms with E-state index in [4.69, 9.17) is 4.74 Å². The van der Waals surface area contributed by atoms with E-state index in [9.17, 15) is 0 Å². The van der Waals surface area contributed by atoms with Gasteiger partial charge in [-0.25, -0.2) is 0 Å². The van der Waals surface area contributed by atoms with Gasteiger partial charge >= 0.3 is 0 Å². The van der Waals surface area contributed by atoms with Crippen molar-refractivity contribution in [3.05, 3.63) is 133 Å². The van der Waals surface area contributed by atoms with Crippen molar-refractivity contribution in [2.75, 3.05) is 9.80 Å². The first kappa shape index (κ1) is 31.9. The van der Waals surface area contributed by atoms with E-state index >= 15 is 0 Å². The summed E-state index contributed by atoms with van der Waals surface area (Å²) in [5.74, 6) is 2.32. The Hall–Kier alpha value is -5.26. The SMILES string of the molecule is CC(C)(C)c1ccc2c(c1)B1c3ccccc3SC3C=CN4c5cc6c7ccc8c9c7n(c6cc5N2C4C13)-c1ccc(C(C)(C)C)cc1B9c1ccccc1O8. The lowest BCUT2D eigenvalue weighted by Gasteiger charge is -2.52. The lowest BCUT2D eigenvalue weighted by Crippen LogP contribution is -2.65. The molecular formula is C49H41B2N3OS. The fourth-order valence-electron chi connectivity index (χ4n) is 11.2. The quantitative estimate of drug-likeness (QED) is 0.145. The zero-order chi connectivity index (χ0) is 37.6. The van der Waals surface area contributed by atoms with Crippen molar-refractivity contribution in [2.45, 2.75) is 74.5 Å². The third kappa shape index (κ3) is 3.90. The number of rotatable bonds is 0. The number of hydrogen-bond donors (Lipinski definition) is 0. The average Bonchev–Trinajstić information content (AvgIpc) is 3.70. The number of nitrogens with zero attached hydrogens (tertiary/aromatic N) is 3. The highest BCUT2D eigenvalue weighted by atomic mass is 32.2. The average molecular weight is 742 g/mol. The highest BCUT2D eigenvalue weighted by Crippen LogP contribution is 2.58. The molecule has 7 aromatic rings. The minimum Gasteiger partial charge on any atom is -0.458 e. The number of aromatic nitrogens is 1. The molecule has 0 saturated carbocycles. The van der Waals surface area contributed by atoms with Crippen LogP contribution in [0.5, 0.6) is 11.5 Å². The van der Waals surface area contributed by atoms with Crippen LogP contribution in [0.2, 0.25) is 5.82 Å². The van der Waals surface area contributed by atoms with Crippen LogP contribution in [0, 0.1) is 0 Å². The van der Waals surface area contributed by atoms with Crippen molar-refractivity contribution < 1.29 is 4.74 Å². The molecule has 6 aliphatic rings. The Morgan fingerprint density at radius 2 is 1.36 bits per heavy atom. The molecule has 6 aliphatic heterocycles. The fourth-order valence-corrected chi connectivity index (χ4v) is 12.6. The van der Waals surface area contributed by atoms with Gasteiger partial charge in [0.05, 0.1) is 22.4 Å². The van der Waals surface area contributed by atoms with Crippen LogP contribution < -0.4 is 41.9 Å². The van der Waals surface area contributed by atoms with Gasteiger partial charge in [-0.2, -0.15) is 0 Å². The maximum atomic E-state index is 6.75. The van der Waals surface area contributed by atoms with Crippen molar-refractivity contribution in [1.29, 1.82) is 0 Å². The molecule has 0 bridgehead atoms. The number of fused-ring (bicyclic) bond motifs is 16. The Balaban J connectivity index is 1.11. The molecule has 270 valence electrons. The number of anilines is 3. The van der Waals surface area contributed by atoms with Gasteiger partial charge in [-0.3, -0.25) is 0 Å². The molecule has 7 heteroatoms. The van der Waals surface area contributed by atoms with Crippen LogP contribution in [-0.2, 0) is 10.8 Å². The van der Waals surface area contributed by atoms with Crippen molar-refractivity contribution in [2.24, 2.45) is 0 Å². The molecule has 1 aromatic heterocycles. The Bertz CT molecular complexity index is 2970. The van der Waals surface area contributed by atoms with Crippen LogP contribution in [0.1, 0.15) is 52.7 Å². The first-order valence-corrected chi connectivity index (χ1v) is 21.2. The Kier molecular flexibility index (Phi) is 5.91. The third-order valence-corrected chi connectivity index (χ3v) is 15.2. The second kappa shape index (κ2) is 10.4. The lowest BCUT2D eigenvalue weighted by atomic mass is 9.30. The Labute approximate surface area is 333 Å². The van der Waals surface area contributed by atoms with Crippen LogP contribution in [0.3, 0.4) is 0 Å². The molecule has 0 saturated heterocycles. The molecule has 0 spiro atoms. The molecule has 0 radical (unpaired) electrons. The first-order valence-electron chi connectivity index (χ1n) is 20.3. The molecule has 3 atom stereocenters. The molecule has 0 amide bonds. The highest BCUT2D eigenvalue weighted by Gasteiger charge is 2.57. The van der Waals surface area contributed by atoms with E-state index in [1.165, 1.54) is 87.9 Å². The van der Waals surface area contributed by atoms with Gasteiger partial charge in [0, 0.05) is 44.3 Å². The summed E-state index contributed by atoms with van der Waals surface area (Å²) in [5, 5.41) is 2.98. The first-order chi connectivity index (χ1) is 27.0. The fraction of sp³-hybridized carbons (Fsp3) is 0.224. The van der Waals surface area contributed by atoms with Crippen molar-refractivity contribution >= 4 is 91.4 Å². The molecular weight excluding hydrogens is 700 g/mol. The number of thioether (sulfide) groups is 1. The summed E-state index contributed by atoms with van der Waals surface area (Å²) in [6, 6.07) is 42.1. The van der Waals surface area contributed by atoms with Crippen LogP contribution in [0.15, 0.2) is 126 Å². The highest BCUT2D eigenvalue weighted by molar-refractivity contribution is 8.00. The van der Waals surface area contributed by atoms with Gasteiger partial charge < -0.3 is 19.1 Å². The van der Waals surface area contributed by atoms with E-state index in [0.717, 1.165) is 11.5 Å². The largest absolute Gasteiger partial charge is 0.458 e. The Morgan fingerprint density at radius 3 is 2.16 bits per heavy atom. The van der Waals surface area contributed by atoms with Crippen LogP contribution in [0.4, 0.5) is 17.1 Å². The summed E-state index contributed by atoms with van der Waals surface area (Å²) in [7, 11) is 0. The summed E-state index contributed by atoms with van der Waals surface area (Å²) in [4.78, 5) is 6.76. The molecule has 13 rings (SSSR count). The normalized spacial score (nSPS) is 20.4. The summed E-state index contributed by atoms with van der Waals surface area (Å²) in [5.41, 5.74) is 17.4. The zero-order valence-electron chi connectivity index (χ0n) is 32.6. The maximum Gasteiger partial charge on any atom is 0.256 e. The predicted octanol–water partition coefficient (Wildman–Crippen LogP) is 8.59. The van der Waals surface area contributed by atoms with Gasteiger partial charge in [0.1, 0.15) is 17.7 Å².